The number of carboxylic acids is 4. The van der Waals surface area contributed by atoms with Gasteiger partial charge in [0.05, 0.1) is 5.56 Å². The van der Waals surface area contributed by atoms with Crippen molar-refractivity contribution in [2.75, 3.05) is 6.54 Å². The third-order valence-corrected chi connectivity index (χ3v) is 9.88. The summed E-state index contributed by atoms with van der Waals surface area (Å²) >= 11 is 1.74. The minimum Gasteiger partial charge on any atom is -0.481 e. The van der Waals surface area contributed by atoms with Crippen LogP contribution in [0.1, 0.15) is 102 Å². The molecule has 1 fully saturated rings. The van der Waals surface area contributed by atoms with E-state index in [0.717, 1.165) is 6.07 Å². The maximum Gasteiger partial charge on any atom is 0.363 e. The van der Waals surface area contributed by atoms with E-state index in [2.05, 4.69) is 26.6 Å². The van der Waals surface area contributed by atoms with E-state index in [1.807, 2.05) is 0 Å². The first-order chi connectivity index (χ1) is 30.2. The summed E-state index contributed by atoms with van der Waals surface area (Å²) in [6, 6.07) is 5.03. The fraction of sp³-hybridized carbons (Fsp3) is 0.400. The monoisotopic (exact) mass is 1010 g/mol. The van der Waals surface area contributed by atoms with Gasteiger partial charge in [-0.15, -0.1) is 5.06 Å². The van der Waals surface area contributed by atoms with Gasteiger partial charge in [0.25, 0.3) is 23.6 Å². The standard InChI is InChI=1S/C40H45IN6O17/c41-24-19-22(18-23(20-24)40(63)64-47-29(48)12-13-30(47)49)35(57)43-25(9-14-31(50)51)36(58)44-26(10-15-32(52)53)37(59)45-27(11-16-33(54)55)38(60)46-28(39(61)62)8-4-5-17-42-34(56)21-6-2-1-3-7-21/h1-3,6-7,18-20,25-28H,4-5,8-17H2,(H,42,56)(H,43,57)(H,44,58)(H,45,59)(H,46,60)(H,50,51)(H,52,53)(H,54,55)(H,61,62)/t25-,26-,27-,28-/m1/s1. The Bertz CT molecular complexity index is 2120. The van der Waals surface area contributed by atoms with E-state index in [0.29, 0.717) is 17.0 Å². The minimum atomic E-state index is -1.80. The number of imide groups is 1. The molecule has 9 N–H and O–H groups in total. The molecule has 0 spiro atoms. The number of aliphatic carboxylic acids is 4. The topological polar surface area (TPSA) is 358 Å². The summed E-state index contributed by atoms with van der Waals surface area (Å²) in [6.45, 7) is 0.172. The zero-order chi connectivity index (χ0) is 47.5. The van der Waals surface area contributed by atoms with Gasteiger partial charge in [-0.2, -0.15) is 0 Å². The van der Waals surface area contributed by atoms with Gasteiger partial charge in [0.2, 0.25) is 17.7 Å². The number of hydroxylamine groups is 2. The predicted molar refractivity (Wildman–Crippen MR) is 224 cm³/mol. The molecule has 0 radical (unpaired) electrons. The number of nitrogens with zero attached hydrogens (tertiary/aromatic N) is 1. The number of carbonyl (C=O) groups is 12. The molecule has 0 aliphatic carbocycles. The quantitative estimate of drug-likeness (QED) is 0.0349. The number of halogens is 1. The summed E-state index contributed by atoms with van der Waals surface area (Å²) in [6.07, 6.45) is -3.98. The lowest BCUT2D eigenvalue weighted by molar-refractivity contribution is -0.172. The molecule has 2 aromatic rings. The molecule has 1 heterocycles. The third kappa shape index (κ3) is 17.1. The Kier molecular flexibility index (Phi) is 20.2. The van der Waals surface area contributed by atoms with Crippen molar-refractivity contribution in [1.82, 2.24) is 31.6 Å². The average Bonchev–Trinajstić information content (AvgIpc) is 3.56. The molecule has 1 aliphatic heterocycles. The van der Waals surface area contributed by atoms with Crippen molar-refractivity contribution in [2.45, 2.75) is 94.8 Å². The number of unbranched alkanes of at least 4 members (excludes halogenated alkanes) is 1. The number of hydrogen-bond donors (Lipinski definition) is 9. The lowest BCUT2D eigenvalue weighted by Gasteiger charge is -2.26. The number of carbonyl (C=O) groups excluding carboxylic acids is 8. The molecule has 1 aliphatic rings. The van der Waals surface area contributed by atoms with Crippen molar-refractivity contribution >= 4 is 93.8 Å². The molecular weight excluding hydrogens is 963 g/mol. The molecule has 24 heteroatoms. The fourth-order valence-corrected chi connectivity index (χ4v) is 6.60. The van der Waals surface area contributed by atoms with Gasteiger partial charge in [0.1, 0.15) is 24.2 Å². The van der Waals surface area contributed by atoms with E-state index in [1.165, 1.54) is 12.1 Å². The van der Waals surface area contributed by atoms with Gasteiger partial charge >= 0.3 is 29.8 Å². The number of rotatable bonds is 26. The third-order valence-electron chi connectivity index (χ3n) is 9.26. The lowest BCUT2D eigenvalue weighted by atomic mass is 10.0. The highest BCUT2D eigenvalue weighted by molar-refractivity contribution is 14.1. The Morgan fingerprint density at radius 2 is 1.05 bits per heavy atom. The zero-order valence-corrected chi connectivity index (χ0v) is 36.0. The van der Waals surface area contributed by atoms with E-state index in [-0.39, 0.29) is 52.8 Å². The van der Waals surface area contributed by atoms with Crippen LogP contribution in [0.15, 0.2) is 48.5 Å². The highest BCUT2D eigenvalue weighted by Gasteiger charge is 2.35. The predicted octanol–water partition coefficient (Wildman–Crippen LogP) is 0.344. The zero-order valence-electron chi connectivity index (χ0n) is 33.8. The largest absolute Gasteiger partial charge is 0.481 e. The van der Waals surface area contributed by atoms with Crippen LogP contribution in [-0.2, 0) is 48.0 Å². The van der Waals surface area contributed by atoms with Gasteiger partial charge < -0.3 is 51.8 Å². The second kappa shape index (κ2) is 25.2. The summed E-state index contributed by atoms with van der Waals surface area (Å²) < 4.78 is 0.272. The molecule has 2 aromatic carbocycles. The van der Waals surface area contributed by atoms with Crippen LogP contribution in [0.5, 0.6) is 0 Å². The van der Waals surface area contributed by atoms with Gasteiger partial charge in [0, 0.05) is 53.3 Å². The first-order valence-corrected chi connectivity index (χ1v) is 20.7. The second-order valence-corrected chi connectivity index (χ2v) is 15.4. The highest BCUT2D eigenvalue weighted by atomic mass is 127. The number of nitrogens with one attached hydrogen (secondary N) is 5. The molecule has 3 rings (SSSR count). The van der Waals surface area contributed by atoms with Gasteiger partial charge in [0.15, 0.2) is 0 Å². The first-order valence-electron chi connectivity index (χ1n) is 19.6. The second-order valence-electron chi connectivity index (χ2n) is 14.2. The molecule has 4 atom stereocenters. The van der Waals surface area contributed by atoms with Gasteiger partial charge in [-0.3, -0.25) is 47.9 Å². The van der Waals surface area contributed by atoms with Crippen LogP contribution in [0.2, 0.25) is 0 Å². The number of benzene rings is 2. The highest BCUT2D eigenvalue weighted by Crippen LogP contribution is 2.18. The maximum atomic E-state index is 13.7. The van der Waals surface area contributed by atoms with Gasteiger partial charge in [-0.25, -0.2) is 9.59 Å². The van der Waals surface area contributed by atoms with Gasteiger partial charge in [-0.05, 0) is 91.4 Å². The Morgan fingerprint density at radius 3 is 1.53 bits per heavy atom. The summed E-state index contributed by atoms with van der Waals surface area (Å²) in [5, 5.41) is 49.8. The average molecular weight is 1010 g/mol. The first kappa shape index (κ1) is 51.4. The Labute approximate surface area is 377 Å². The van der Waals surface area contributed by atoms with Crippen LogP contribution < -0.4 is 26.6 Å². The molecule has 344 valence electrons. The van der Waals surface area contributed by atoms with Crippen molar-refractivity contribution in [3.63, 3.8) is 0 Å². The lowest BCUT2D eigenvalue weighted by Crippen LogP contribution is -2.58. The van der Waals surface area contributed by atoms with E-state index in [9.17, 15) is 78.0 Å². The van der Waals surface area contributed by atoms with E-state index in [1.54, 1.807) is 52.9 Å². The normalized spacial score (nSPS) is 13.9. The van der Waals surface area contributed by atoms with Crippen LogP contribution in [0.25, 0.3) is 0 Å². The van der Waals surface area contributed by atoms with Crippen LogP contribution in [0, 0.1) is 3.57 Å². The Hall–Kier alpha value is -6.99. The Morgan fingerprint density at radius 1 is 0.578 bits per heavy atom. The van der Waals surface area contributed by atoms with Crippen LogP contribution in [-0.4, -0.2) is 127 Å². The number of hydrogen-bond acceptors (Lipinski definition) is 13. The molecule has 1 saturated heterocycles. The van der Waals surface area contributed by atoms with Crippen molar-refractivity contribution < 1.29 is 82.8 Å². The summed E-state index contributed by atoms with van der Waals surface area (Å²) in [5.74, 6) is -13.4. The number of amides is 7. The van der Waals surface area contributed by atoms with E-state index in [4.69, 9.17) is 4.84 Å². The molecule has 7 amide bonds. The minimum absolute atomic E-state index is 0.142. The van der Waals surface area contributed by atoms with Crippen LogP contribution in [0.4, 0.5) is 0 Å². The Balaban J connectivity index is 1.75. The van der Waals surface area contributed by atoms with E-state index < -0.39 is 128 Å². The molecule has 0 aromatic heterocycles. The van der Waals surface area contributed by atoms with Crippen LogP contribution in [0.3, 0.4) is 0 Å². The fourth-order valence-electron chi connectivity index (χ4n) is 5.92. The summed E-state index contributed by atoms with van der Waals surface area (Å²) in [5.41, 5.74) is -0.147. The van der Waals surface area contributed by atoms with Crippen LogP contribution >= 0.6 is 22.6 Å². The molecule has 64 heavy (non-hydrogen) atoms. The molecule has 0 bridgehead atoms. The SMILES string of the molecule is O=C(O)CC[C@@H](NC(=O)c1cc(I)cc(C(=O)ON2C(=O)CCC2=O)c1)C(=O)N[C@H](CCC(=O)O)C(=O)N[C@H](CCC(=O)O)C(=O)N[C@H](CCCCNC(=O)c1ccccc1)C(=O)O. The number of carboxylic acid groups (broad SMARTS) is 4. The van der Waals surface area contributed by atoms with Crippen molar-refractivity contribution in [3.8, 4) is 0 Å². The molecular formula is C40H45IN6O17. The smallest absolute Gasteiger partial charge is 0.363 e. The van der Waals surface area contributed by atoms with Gasteiger partial charge in [-0.1, -0.05) is 18.2 Å². The van der Waals surface area contributed by atoms with Crippen molar-refractivity contribution in [1.29, 1.82) is 0 Å². The molecule has 23 nitrogen and oxygen atoms in total. The summed E-state index contributed by atoms with van der Waals surface area (Å²) in [7, 11) is 0. The van der Waals surface area contributed by atoms with Crippen molar-refractivity contribution in [2.24, 2.45) is 0 Å². The van der Waals surface area contributed by atoms with Crippen molar-refractivity contribution in [3.05, 3.63) is 68.8 Å². The maximum absolute atomic E-state index is 13.7. The van der Waals surface area contributed by atoms with E-state index >= 15 is 0 Å². The molecule has 0 unspecified atom stereocenters. The summed E-state index contributed by atoms with van der Waals surface area (Å²) in [4.78, 5) is 155. The molecule has 0 saturated carbocycles.